The molecule has 1 saturated carbocycles. The van der Waals surface area contributed by atoms with Crippen LogP contribution in [0.2, 0.25) is 0 Å². The SMILES string of the molecule is NC1(C(=O)NCCS(N)(=O)=O)CCCC1. The number of hydrogen-bond acceptors (Lipinski definition) is 4. The van der Waals surface area contributed by atoms with Gasteiger partial charge in [0, 0.05) is 6.54 Å². The Labute approximate surface area is 89.4 Å². The van der Waals surface area contributed by atoms with Crippen molar-refractivity contribution in [1.82, 2.24) is 5.32 Å². The number of sulfonamides is 1. The fraction of sp³-hybridized carbons (Fsp3) is 0.875. The van der Waals surface area contributed by atoms with Crippen molar-refractivity contribution in [2.24, 2.45) is 10.9 Å². The van der Waals surface area contributed by atoms with Crippen molar-refractivity contribution in [3.8, 4) is 0 Å². The van der Waals surface area contributed by atoms with Gasteiger partial charge in [-0.05, 0) is 12.8 Å². The third-order valence-electron chi connectivity index (χ3n) is 2.62. The van der Waals surface area contributed by atoms with E-state index in [1.165, 1.54) is 0 Å². The summed E-state index contributed by atoms with van der Waals surface area (Å²) in [5.74, 6) is -0.530. The van der Waals surface area contributed by atoms with Crippen molar-refractivity contribution in [1.29, 1.82) is 0 Å². The highest BCUT2D eigenvalue weighted by atomic mass is 32.2. The zero-order valence-corrected chi connectivity index (χ0v) is 9.35. The molecule has 0 aliphatic heterocycles. The normalized spacial score (nSPS) is 20.1. The standard InChI is InChI=1S/C8H17N3O3S/c9-8(3-1-2-4-8)7(12)11-5-6-15(10,13)14/h1-6,9H2,(H,11,12)(H2,10,13,14). The van der Waals surface area contributed by atoms with Gasteiger partial charge >= 0.3 is 0 Å². The molecular formula is C8H17N3O3S. The van der Waals surface area contributed by atoms with Crippen LogP contribution in [0.1, 0.15) is 25.7 Å². The van der Waals surface area contributed by atoms with Crippen molar-refractivity contribution in [3.05, 3.63) is 0 Å². The molecule has 1 amide bonds. The zero-order chi connectivity index (χ0) is 11.5. The molecule has 15 heavy (non-hydrogen) atoms. The van der Waals surface area contributed by atoms with E-state index in [2.05, 4.69) is 5.32 Å². The molecule has 7 heteroatoms. The van der Waals surface area contributed by atoms with E-state index in [4.69, 9.17) is 10.9 Å². The first-order valence-electron chi connectivity index (χ1n) is 4.91. The molecule has 0 bridgehead atoms. The van der Waals surface area contributed by atoms with E-state index < -0.39 is 15.6 Å². The first-order valence-corrected chi connectivity index (χ1v) is 6.63. The minimum absolute atomic E-state index is 0.0244. The van der Waals surface area contributed by atoms with Crippen molar-refractivity contribution in [2.75, 3.05) is 12.3 Å². The van der Waals surface area contributed by atoms with Crippen LogP contribution < -0.4 is 16.2 Å². The third-order valence-corrected chi connectivity index (χ3v) is 3.39. The Balaban J connectivity index is 2.36. The molecule has 1 fully saturated rings. The molecule has 6 nitrogen and oxygen atoms in total. The molecule has 0 aromatic heterocycles. The molecule has 1 aliphatic carbocycles. The lowest BCUT2D eigenvalue weighted by Crippen LogP contribution is -2.52. The summed E-state index contributed by atoms with van der Waals surface area (Å²) in [6, 6.07) is 0. The van der Waals surface area contributed by atoms with Crippen LogP contribution in [-0.2, 0) is 14.8 Å². The van der Waals surface area contributed by atoms with Crippen LogP contribution in [0.4, 0.5) is 0 Å². The molecule has 0 saturated heterocycles. The van der Waals surface area contributed by atoms with Gasteiger partial charge in [-0.1, -0.05) is 12.8 Å². The van der Waals surface area contributed by atoms with Crippen LogP contribution >= 0.6 is 0 Å². The van der Waals surface area contributed by atoms with Crippen molar-refractivity contribution < 1.29 is 13.2 Å². The first-order chi connectivity index (χ1) is 6.83. The molecule has 0 spiro atoms. The van der Waals surface area contributed by atoms with Gasteiger partial charge in [0.05, 0.1) is 11.3 Å². The predicted molar refractivity (Wildman–Crippen MR) is 56.4 cm³/mol. The van der Waals surface area contributed by atoms with Crippen LogP contribution in [0.3, 0.4) is 0 Å². The lowest BCUT2D eigenvalue weighted by molar-refractivity contribution is -0.126. The smallest absolute Gasteiger partial charge is 0.240 e. The maximum Gasteiger partial charge on any atom is 0.240 e. The van der Waals surface area contributed by atoms with Crippen LogP contribution in [0.5, 0.6) is 0 Å². The monoisotopic (exact) mass is 235 g/mol. The summed E-state index contributed by atoms with van der Waals surface area (Å²) in [4.78, 5) is 11.6. The molecule has 0 unspecified atom stereocenters. The maximum absolute atomic E-state index is 11.6. The molecule has 0 heterocycles. The van der Waals surface area contributed by atoms with Crippen LogP contribution in [0, 0.1) is 0 Å². The molecule has 0 atom stereocenters. The van der Waals surface area contributed by atoms with Crippen molar-refractivity contribution in [3.63, 3.8) is 0 Å². The highest BCUT2D eigenvalue weighted by Gasteiger charge is 2.36. The van der Waals surface area contributed by atoms with Gasteiger partial charge in [-0.25, -0.2) is 13.6 Å². The summed E-state index contributed by atoms with van der Waals surface area (Å²) >= 11 is 0. The highest BCUT2D eigenvalue weighted by molar-refractivity contribution is 7.89. The summed E-state index contributed by atoms with van der Waals surface area (Å²) in [6.45, 7) is 0.0244. The Morgan fingerprint density at radius 2 is 1.87 bits per heavy atom. The number of nitrogens with one attached hydrogen (secondary N) is 1. The number of primary sulfonamides is 1. The van der Waals surface area contributed by atoms with E-state index in [0.717, 1.165) is 12.8 Å². The molecule has 0 aromatic carbocycles. The Morgan fingerprint density at radius 1 is 1.33 bits per heavy atom. The van der Waals surface area contributed by atoms with Gasteiger partial charge in [-0.2, -0.15) is 0 Å². The molecule has 88 valence electrons. The maximum atomic E-state index is 11.6. The highest BCUT2D eigenvalue weighted by Crippen LogP contribution is 2.26. The molecule has 1 rings (SSSR count). The number of rotatable bonds is 4. The molecule has 0 radical (unpaired) electrons. The van der Waals surface area contributed by atoms with Crippen LogP contribution in [0.25, 0.3) is 0 Å². The fourth-order valence-corrected chi connectivity index (χ4v) is 2.10. The Bertz CT molecular complexity index is 333. The van der Waals surface area contributed by atoms with E-state index in [9.17, 15) is 13.2 Å². The zero-order valence-electron chi connectivity index (χ0n) is 8.53. The molecule has 1 aliphatic rings. The van der Waals surface area contributed by atoms with Gasteiger partial charge in [-0.3, -0.25) is 4.79 Å². The van der Waals surface area contributed by atoms with E-state index in [0.29, 0.717) is 12.8 Å². The lowest BCUT2D eigenvalue weighted by atomic mass is 9.98. The second kappa shape index (κ2) is 4.46. The van der Waals surface area contributed by atoms with Crippen LogP contribution in [0.15, 0.2) is 0 Å². The van der Waals surface area contributed by atoms with Gasteiger partial charge in [0.2, 0.25) is 15.9 Å². The summed E-state index contributed by atoms with van der Waals surface area (Å²) in [5.41, 5.74) is 5.05. The summed E-state index contributed by atoms with van der Waals surface area (Å²) < 4.78 is 21.2. The summed E-state index contributed by atoms with van der Waals surface area (Å²) in [5, 5.41) is 7.30. The van der Waals surface area contributed by atoms with E-state index >= 15 is 0 Å². The minimum atomic E-state index is -3.52. The number of carbonyl (C=O) groups is 1. The number of carbonyl (C=O) groups excluding carboxylic acids is 1. The second-order valence-electron chi connectivity index (χ2n) is 3.99. The third kappa shape index (κ3) is 3.77. The molecule has 0 aromatic rings. The quantitative estimate of drug-likeness (QED) is 0.559. The minimum Gasteiger partial charge on any atom is -0.353 e. The Morgan fingerprint density at radius 3 is 2.33 bits per heavy atom. The first kappa shape index (κ1) is 12.4. The van der Waals surface area contributed by atoms with Crippen LogP contribution in [-0.4, -0.2) is 32.2 Å². The topological polar surface area (TPSA) is 115 Å². The predicted octanol–water partition coefficient (Wildman–Crippen LogP) is -1.34. The van der Waals surface area contributed by atoms with Gasteiger partial charge in [-0.15, -0.1) is 0 Å². The summed E-state index contributed by atoms with van der Waals surface area (Å²) in [6.07, 6.45) is 3.21. The van der Waals surface area contributed by atoms with Gasteiger partial charge < -0.3 is 11.1 Å². The molecule has 5 N–H and O–H groups in total. The van der Waals surface area contributed by atoms with E-state index in [1.807, 2.05) is 0 Å². The second-order valence-corrected chi connectivity index (χ2v) is 5.72. The van der Waals surface area contributed by atoms with Crippen molar-refractivity contribution >= 4 is 15.9 Å². The number of hydrogen-bond donors (Lipinski definition) is 3. The van der Waals surface area contributed by atoms with Gasteiger partial charge in [0.25, 0.3) is 0 Å². The molecular weight excluding hydrogens is 218 g/mol. The number of amides is 1. The van der Waals surface area contributed by atoms with Crippen molar-refractivity contribution in [2.45, 2.75) is 31.2 Å². The Kier molecular flexibility index (Phi) is 3.69. The lowest BCUT2D eigenvalue weighted by Gasteiger charge is -2.21. The Hall–Kier alpha value is -0.660. The average Bonchev–Trinajstić information content (AvgIpc) is 2.51. The summed E-state index contributed by atoms with van der Waals surface area (Å²) in [7, 11) is -3.52. The van der Waals surface area contributed by atoms with E-state index in [1.54, 1.807) is 0 Å². The number of nitrogens with two attached hydrogens (primary N) is 2. The largest absolute Gasteiger partial charge is 0.353 e. The van der Waals surface area contributed by atoms with Gasteiger partial charge in [0.1, 0.15) is 0 Å². The van der Waals surface area contributed by atoms with Gasteiger partial charge in [0.15, 0.2) is 0 Å². The van der Waals surface area contributed by atoms with E-state index in [-0.39, 0.29) is 18.2 Å². The fourth-order valence-electron chi connectivity index (χ4n) is 1.72. The average molecular weight is 235 g/mol.